The van der Waals surface area contributed by atoms with Gasteiger partial charge in [-0.3, -0.25) is 0 Å². The Kier molecular flexibility index (Phi) is 14.2. The summed E-state index contributed by atoms with van der Waals surface area (Å²) in [5.41, 5.74) is 8.21. The van der Waals surface area contributed by atoms with Gasteiger partial charge in [0.05, 0.1) is 18.8 Å². The Morgan fingerprint density at radius 2 is 1.07 bits per heavy atom. The monoisotopic (exact) mass is 758 g/mol. The fourth-order valence-corrected chi connectivity index (χ4v) is 7.69. The minimum atomic E-state index is -1.15. The van der Waals surface area contributed by atoms with Gasteiger partial charge in [0.15, 0.2) is 5.60 Å². The highest BCUT2D eigenvalue weighted by atomic mass is 16.6. The van der Waals surface area contributed by atoms with E-state index in [-0.39, 0.29) is 5.97 Å². The van der Waals surface area contributed by atoms with Crippen LogP contribution in [0.5, 0.6) is 11.5 Å². The highest BCUT2D eigenvalue weighted by Gasteiger charge is 2.45. The van der Waals surface area contributed by atoms with Crippen molar-refractivity contribution in [2.24, 2.45) is 0 Å². The van der Waals surface area contributed by atoms with Gasteiger partial charge in [0.25, 0.3) is 0 Å². The summed E-state index contributed by atoms with van der Waals surface area (Å²) < 4.78 is 19.3. The zero-order valence-electron chi connectivity index (χ0n) is 35.3. The van der Waals surface area contributed by atoms with E-state index in [0.29, 0.717) is 18.8 Å². The molecule has 0 radical (unpaired) electrons. The van der Waals surface area contributed by atoms with Crippen molar-refractivity contribution in [1.82, 2.24) is 0 Å². The lowest BCUT2D eigenvalue weighted by molar-refractivity contribution is 0.0275. The number of benzene rings is 4. The average molecular weight is 759 g/mol. The molecule has 0 fully saturated rings. The number of ether oxygens (including phenoxy) is 3. The van der Waals surface area contributed by atoms with Crippen molar-refractivity contribution in [2.75, 3.05) is 86.2 Å². The van der Waals surface area contributed by atoms with E-state index in [2.05, 4.69) is 123 Å². The maximum Gasteiger partial charge on any atom is 0.340 e. The Morgan fingerprint density at radius 3 is 1.54 bits per heavy atom. The van der Waals surface area contributed by atoms with E-state index in [1.165, 1.54) is 0 Å². The van der Waals surface area contributed by atoms with Crippen LogP contribution in [0.2, 0.25) is 0 Å². The summed E-state index contributed by atoms with van der Waals surface area (Å²) in [6.07, 6.45) is 6.15. The molecular formula is C48H62N4O4. The molecule has 298 valence electrons. The summed E-state index contributed by atoms with van der Waals surface area (Å²) in [5, 5.41) is 0. The van der Waals surface area contributed by atoms with Gasteiger partial charge in [0.1, 0.15) is 11.5 Å². The molecule has 1 aliphatic rings. The van der Waals surface area contributed by atoms with Crippen molar-refractivity contribution >= 4 is 34.3 Å². The van der Waals surface area contributed by atoms with Gasteiger partial charge < -0.3 is 33.8 Å². The number of cyclic esters (lactones) is 1. The lowest BCUT2D eigenvalue weighted by Crippen LogP contribution is -2.26. The molecule has 4 aromatic rings. The number of esters is 1. The zero-order chi connectivity index (χ0) is 40.4. The predicted molar refractivity (Wildman–Crippen MR) is 236 cm³/mol. The molecule has 8 heteroatoms. The van der Waals surface area contributed by atoms with Gasteiger partial charge in [-0.1, -0.05) is 30.4 Å². The summed E-state index contributed by atoms with van der Waals surface area (Å²) in [7, 11) is 3.95. The van der Waals surface area contributed by atoms with Gasteiger partial charge in [-0.2, -0.15) is 0 Å². The van der Waals surface area contributed by atoms with E-state index in [4.69, 9.17) is 14.2 Å². The first-order valence-electron chi connectivity index (χ1n) is 20.5. The molecule has 1 aliphatic heterocycles. The van der Waals surface area contributed by atoms with Crippen LogP contribution in [0.4, 0.5) is 22.7 Å². The Hall–Kier alpha value is -5.37. The highest BCUT2D eigenvalue weighted by molar-refractivity contribution is 5.97. The minimum absolute atomic E-state index is 0.346. The summed E-state index contributed by atoms with van der Waals surface area (Å²) in [6.45, 7) is 23.4. The van der Waals surface area contributed by atoms with Crippen molar-refractivity contribution in [3.63, 3.8) is 0 Å². The first-order chi connectivity index (χ1) is 27.1. The Bertz CT molecular complexity index is 1920. The molecule has 0 saturated carbocycles. The third-order valence-corrected chi connectivity index (χ3v) is 10.8. The van der Waals surface area contributed by atoms with Crippen LogP contribution in [0.3, 0.4) is 0 Å². The van der Waals surface area contributed by atoms with Gasteiger partial charge in [-0.05, 0) is 116 Å². The number of nitrogens with zero attached hydrogens (tertiary/aromatic N) is 4. The van der Waals surface area contributed by atoms with Crippen LogP contribution in [0.1, 0.15) is 88.0 Å². The molecule has 0 saturated heterocycles. The molecule has 1 atom stereocenters. The van der Waals surface area contributed by atoms with Crippen molar-refractivity contribution in [3.05, 3.63) is 125 Å². The number of fused-ring (bicyclic) bond motifs is 1. The zero-order valence-corrected chi connectivity index (χ0v) is 35.3. The van der Waals surface area contributed by atoms with E-state index in [9.17, 15) is 4.79 Å². The number of rotatable bonds is 19. The molecule has 0 N–H and O–H groups in total. The maximum absolute atomic E-state index is 13.8. The number of carbonyl (C=O) groups excluding carboxylic acids is 1. The molecular weight excluding hydrogens is 697 g/mol. The number of carbonyl (C=O) groups is 1. The Labute approximate surface area is 336 Å². The van der Waals surface area contributed by atoms with E-state index in [0.717, 1.165) is 101 Å². The van der Waals surface area contributed by atoms with Gasteiger partial charge >= 0.3 is 5.97 Å². The Morgan fingerprint density at radius 1 is 0.607 bits per heavy atom. The molecule has 56 heavy (non-hydrogen) atoms. The number of anilines is 4. The van der Waals surface area contributed by atoms with E-state index >= 15 is 0 Å². The average Bonchev–Trinajstić information content (AvgIpc) is 3.50. The van der Waals surface area contributed by atoms with E-state index in [1.807, 2.05) is 63.2 Å². The molecule has 4 aromatic carbocycles. The van der Waals surface area contributed by atoms with Crippen LogP contribution >= 0.6 is 0 Å². The summed E-state index contributed by atoms with van der Waals surface area (Å²) in [6, 6.07) is 27.4. The first kappa shape index (κ1) is 41.8. The van der Waals surface area contributed by atoms with Crippen molar-refractivity contribution in [3.8, 4) is 11.5 Å². The summed E-state index contributed by atoms with van der Waals surface area (Å²) >= 11 is 0. The van der Waals surface area contributed by atoms with Crippen LogP contribution in [0.25, 0.3) is 5.57 Å². The van der Waals surface area contributed by atoms with Crippen molar-refractivity contribution in [1.29, 1.82) is 0 Å². The predicted octanol–water partition coefficient (Wildman–Crippen LogP) is 10.2. The second-order valence-electron chi connectivity index (χ2n) is 14.0. The quantitative estimate of drug-likeness (QED) is 0.0692. The highest BCUT2D eigenvalue weighted by Crippen LogP contribution is 2.46. The Balaban J connectivity index is 1.76. The molecule has 0 bridgehead atoms. The molecule has 0 amide bonds. The lowest BCUT2D eigenvalue weighted by Gasteiger charge is -2.28. The number of hydrogen-bond donors (Lipinski definition) is 0. The van der Waals surface area contributed by atoms with Crippen LogP contribution in [0, 0.1) is 0 Å². The van der Waals surface area contributed by atoms with Crippen LogP contribution in [-0.4, -0.2) is 72.5 Å². The molecule has 1 unspecified atom stereocenters. The lowest BCUT2D eigenvalue weighted by atomic mass is 9.84. The fourth-order valence-electron chi connectivity index (χ4n) is 7.69. The van der Waals surface area contributed by atoms with E-state index in [1.54, 1.807) is 0 Å². The minimum Gasteiger partial charge on any atom is -0.493 e. The molecule has 0 aromatic heterocycles. The fraction of sp³-hybridized carbons (Fsp3) is 0.396. The first-order valence-corrected chi connectivity index (χ1v) is 20.5. The second-order valence-corrected chi connectivity index (χ2v) is 14.0. The molecule has 1 heterocycles. The molecule has 0 spiro atoms. The maximum atomic E-state index is 13.8. The number of hydrogen-bond acceptors (Lipinski definition) is 8. The van der Waals surface area contributed by atoms with Crippen LogP contribution < -0.4 is 29.1 Å². The third kappa shape index (κ3) is 8.54. The van der Waals surface area contributed by atoms with Crippen molar-refractivity contribution in [2.45, 2.75) is 61.0 Å². The normalized spacial score (nSPS) is 14.6. The van der Waals surface area contributed by atoms with Crippen LogP contribution in [0.15, 0.2) is 97.1 Å². The van der Waals surface area contributed by atoms with Crippen LogP contribution in [-0.2, 0) is 10.3 Å². The molecule has 5 rings (SSSR count). The van der Waals surface area contributed by atoms with Gasteiger partial charge in [-0.25, -0.2) is 4.79 Å². The van der Waals surface area contributed by atoms with E-state index < -0.39 is 5.60 Å². The van der Waals surface area contributed by atoms with Crippen molar-refractivity contribution < 1.29 is 19.0 Å². The van der Waals surface area contributed by atoms with Gasteiger partial charge in [-0.15, -0.1) is 0 Å². The summed E-state index contributed by atoms with van der Waals surface area (Å²) in [4.78, 5) is 22.8. The smallest absolute Gasteiger partial charge is 0.340 e. The largest absolute Gasteiger partial charge is 0.493 e. The number of allylic oxidation sites excluding steroid dienone is 2. The standard InChI is InChI=1S/C48H62N4O4/c1-11-50(12-2)36-23-21-35(22-24-36)48(44-30-27-37(49(9)10)32-43(44)47(53)56-48)31-19-20-40(41-28-25-38(51(13-3)14-4)33-45(41)54-17-7)42-29-26-39(52(15-5)16-6)34-46(42)55-18-8/h19-34H,11-18H2,1-10H3. The third-order valence-electron chi connectivity index (χ3n) is 10.8. The second kappa shape index (κ2) is 19.0. The molecule has 8 nitrogen and oxygen atoms in total. The van der Waals surface area contributed by atoms with Gasteiger partial charge in [0.2, 0.25) is 0 Å². The topological polar surface area (TPSA) is 57.7 Å². The summed E-state index contributed by atoms with van der Waals surface area (Å²) in [5.74, 6) is 1.24. The molecule has 0 aliphatic carbocycles. The van der Waals surface area contributed by atoms with Gasteiger partial charge in [0, 0.05) is 110 Å². The SMILES string of the molecule is CCOc1cc(N(CC)CC)ccc1C(=CC=CC1(c2ccc(N(CC)CC)cc2)OC(=O)c2cc(N(C)C)ccc21)c1ccc(N(CC)CC)cc1OCC.